The summed E-state index contributed by atoms with van der Waals surface area (Å²) < 4.78 is 32.2. The summed E-state index contributed by atoms with van der Waals surface area (Å²) in [7, 11) is -2.42. The SMILES string of the molecule is COc1ccc(Cl)cc1-c1ccc(S(=O)(=O)N2CCSC(C)(C)[C@@H]2C(=O)O)cc1. The molecular formula is C20H22ClNO5S2. The highest BCUT2D eigenvalue weighted by Crippen LogP contribution is 2.39. The zero-order valence-corrected chi connectivity index (χ0v) is 18.6. The van der Waals surface area contributed by atoms with Gasteiger partial charge in [0.2, 0.25) is 10.0 Å². The maximum atomic E-state index is 13.2. The van der Waals surface area contributed by atoms with Crippen LogP contribution in [0.4, 0.5) is 0 Å². The molecule has 1 heterocycles. The van der Waals surface area contributed by atoms with Crippen LogP contribution in [0.1, 0.15) is 13.8 Å². The maximum absolute atomic E-state index is 13.2. The van der Waals surface area contributed by atoms with Gasteiger partial charge < -0.3 is 9.84 Å². The van der Waals surface area contributed by atoms with Crippen molar-refractivity contribution < 1.29 is 23.1 Å². The number of thioether (sulfide) groups is 1. The van der Waals surface area contributed by atoms with Gasteiger partial charge in [-0.1, -0.05) is 23.7 Å². The summed E-state index contributed by atoms with van der Waals surface area (Å²) in [5.41, 5.74) is 1.48. The van der Waals surface area contributed by atoms with Gasteiger partial charge in [0, 0.05) is 27.6 Å². The first-order valence-corrected chi connectivity index (χ1v) is 11.7. The van der Waals surface area contributed by atoms with Crippen LogP contribution in [-0.4, -0.2) is 54.0 Å². The van der Waals surface area contributed by atoms with Gasteiger partial charge >= 0.3 is 5.97 Å². The summed E-state index contributed by atoms with van der Waals surface area (Å²) in [4.78, 5) is 11.9. The van der Waals surface area contributed by atoms with Gasteiger partial charge in [-0.3, -0.25) is 4.79 Å². The highest BCUT2D eigenvalue weighted by molar-refractivity contribution is 8.00. The predicted molar refractivity (Wildman–Crippen MR) is 115 cm³/mol. The molecule has 2 aromatic carbocycles. The lowest BCUT2D eigenvalue weighted by Gasteiger charge is -2.42. The maximum Gasteiger partial charge on any atom is 0.323 e. The summed E-state index contributed by atoms with van der Waals surface area (Å²) in [6.07, 6.45) is 0. The van der Waals surface area contributed by atoms with Crippen LogP contribution in [0.5, 0.6) is 5.75 Å². The molecule has 0 bridgehead atoms. The van der Waals surface area contributed by atoms with Gasteiger partial charge in [-0.25, -0.2) is 8.42 Å². The number of nitrogens with zero attached hydrogens (tertiary/aromatic N) is 1. The summed E-state index contributed by atoms with van der Waals surface area (Å²) >= 11 is 7.55. The molecule has 1 aliphatic rings. The molecule has 1 atom stereocenters. The standard InChI is InChI=1S/C20H22ClNO5S2/c1-20(2)18(19(23)24)22(10-11-28-20)29(25,26)15-7-4-13(5-8-15)16-12-14(21)6-9-17(16)27-3/h4-9,12,18H,10-11H2,1-3H3,(H,23,24)/t18-/m0/s1. The summed E-state index contributed by atoms with van der Waals surface area (Å²) in [5.74, 6) is 0.00479. The van der Waals surface area contributed by atoms with Gasteiger partial charge in [0.05, 0.1) is 12.0 Å². The third-order valence-corrected chi connectivity index (χ3v) is 8.37. The molecule has 1 saturated heterocycles. The van der Waals surface area contributed by atoms with Crippen LogP contribution in [-0.2, 0) is 14.8 Å². The molecule has 1 aliphatic heterocycles. The Kier molecular flexibility index (Phi) is 6.19. The molecule has 0 radical (unpaired) electrons. The van der Waals surface area contributed by atoms with Crippen LogP contribution < -0.4 is 4.74 Å². The van der Waals surface area contributed by atoms with E-state index in [1.807, 2.05) is 0 Å². The molecule has 29 heavy (non-hydrogen) atoms. The van der Waals surface area contributed by atoms with Crippen LogP contribution in [0, 0.1) is 0 Å². The third-order valence-electron chi connectivity index (χ3n) is 4.90. The number of carbonyl (C=O) groups is 1. The Labute approximate surface area is 179 Å². The topological polar surface area (TPSA) is 83.9 Å². The zero-order chi connectivity index (χ0) is 21.4. The van der Waals surface area contributed by atoms with Gasteiger partial charge in [0.25, 0.3) is 0 Å². The second kappa shape index (κ2) is 8.18. The highest BCUT2D eigenvalue weighted by Gasteiger charge is 2.48. The number of methoxy groups -OCH3 is 1. The molecule has 2 aromatic rings. The lowest BCUT2D eigenvalue weighted by atomic mass is 10.0. The molecule has 0 unspecified atom stereocenters. The van der Waals surface area contributed by atoms with Crippen molar-refractivity contribution in [2.24, 2.45) is 0 Å². The first-order chi connectivity index (χ1) is 13.6. The molecule has 0 saturated carbocycles. The van der Waals surface area contributed by atoms with E-state index in [1.54, 1.807) is 51.3 Å². The Hall–Kier alpha value is -1.74. The van der Waals surface area contributed by atoms with E-state index in [2.05, 4.69) is 0 Å². The Bertz CT molecular complexity index is 1020. The molecule has 0 amide bonds. The van der Waals surface area contributed by atoms with Crippen molar-refractivity contribution in [3.8, 4) is 16.9 Å². The number of aliphatic carboxylic acids is 1. The Morgan fingerprint density at radius 3 is 2.48 bits per heavy atom. The average molecular weight is 456 g/mol. The number of sulfonamides is 1. The molecule has 3 rings (SSSR count). The Morgan fingerprint density at radius 2 is 1.90 bits per heavy atom. The summed E-state index contributed by atoms with van der Waals surface area (Å²) in [6.45, 7) is 3.66. The first kappa shape index (κ1) is 22.0. The molecule has 1 N–H and O–H groups in total. The fourth-order valence-electron chi connectivity index (χ4n) is 3.48. The van der Waals surface area contributed by atoms with Gasteiger partial charge in [0.1, 0.15) is 11.8 Å². The summed E-state index contributed by atoms with van der Waals surface area (Å²) in [6, 6.07) is 10.4. The normalized spacial score (nSPS) is 19.7. The molecule has 156 valence electrons. The van der Waals surface area contributed by atoms with Crippen molar-refractivity contribution in [3.63, 3.8) is 0 Å². The number of carboxylic acid groups (broad SMARTS) is 1. The van der Waals surface area contributed by atoms with E-state index < -0.39 is 26.8 Å². The summed E-state index contributed by atoms with van der Waals surface area (Å²) in [5, 5.41) is 10.2. The van der Waals surface area contributed by atoms with E-state index in [0.29, 0.717) is 16.5 Å². The van der Waals surface area contributed by atoms with Gasteiger partial charge in [-0.05, 0) is 49.7 Å². The Morgan fingerprint density at radius 1 is 1.24 bits per heavy atom. The highest BCUT2D eigenvalue weighted by atomic mass is 35.5. The van der Waals surface area contributed by atoms with Crippen molar-refractivity contribution in [1.29, 1.82) is 0 Å². The number of ether oxygens (including phenoxy) is 1. The van der Waals surface area contributed by atoms with Gasteiger partial charge in [-0.15, -0.1) is 0 Å². The fraction of sp³-hybridized carbons (Fsp3) is 0.350. The number of halogens is 1. The van der Waals surface area contributed by atoms with Crippen LogP contribution in [0.3, 0.4) is 0 Å². The minimum absolute atomic E-state index is 0.0520. The van der Waals surface area contributed by atoms with E-state index in [-0.39, 0.29) is 11.4 Å². The second-order valence-corrected chi connectivity index (χ2v) is 11.3. The smallest absolute Gasteiger partial charge is 0.323 e. The van der Waals surface area contributed by atoms with E-state index in [9.17, 15) is 18.3 Å². The van der Waals surface area contributed by atoms with Crippen molar-refractivity contribution >= 4 is 39.4 Å². The molecule has 0 aromatic heterocycles. The number of benzene rings is 2. The number of hydrogen-bond acceptors (Lipinski definition) is 5. The zero-order valence-electron chi connectivity index (χ0n) is 16.3. The largest absolute Gasteiger partial charge is 0.496 e. The van der Waals surface area contributed by atoms with Crippen molar-refractivity contribution in [2.75, 3.05) is 19.4 Å². The van der Waals surface area contributed by atoms with Gasteiger partial charge in [0.15, 0.2) is 0 Å². The van der Waals surface area contributed by atoms with Crippen LogP contribution in [0.25, 0.3) is 11.1 Å². The fourth-order valence-corrected chi connectivity index (χ4v) is 6.75. The van der Waals surface area contributed by atoms with Crippen molar-refractivity contribution in [2.45, 2.75) is 29.5 Å². The number of hydrogen-bond donors (Lipinski definition) is 1. The van der Waals surface area contributed by atoms with E-state index in [1.165, 1.54) is 23.9 Å². The molecule has 1 fully saturated rings. The molecular weight excluding hydrogens is 434 g/mol. The van der Waals surface area contributed by atoms with Crippen LogP contribution >= 0.6 is 23.4 Å². The number of carboxylic acids is 1. The van der Waals surface area contributed by atoms with E-state index in [4.69, 9.17) is 16.3 Å². The average Bonchev–Trinajstić information content (AvgIpc) is 2.66. The molecule has 0 aliphatic carbocycles. The third kappa shape index (κ3) is 4.26. The van der Waals surface area contributed by atoms with Crippen LogP contribution in [0.15, 0.2) is 47.4 Å². The molecule has 6 nitrogen and oxygen atoms in total. The Balaban J connectivity index is 1.99. The second-order valence-electron chi connectivity index (χ2n) is 7.18. The van der Waals surface area contributed by atoms with Gasteiger partial charge in [-0.2, -0.15) is 16.1 Å². The minimum atomic E-state index is -3.97. The van der Waals surface area contributed by atoms with Crippen LogP contribution in [0.2, 0.25) is 5.02 Å². The first-order valence-electron chi connectivity index (χ1n) is 8.90. The monoisotopic (exact) mass is 455 g/mol. The van der Waals surface area contributed by atoms with Crippen molar-refractivity contribution in [3.05, 3.63) is 47.5 Å². The quantitative estimate of drug-likeness (QED) is 0.734. The van der Waals surface area contributed by atoms with E-state index >= 15 is 0 Å². The lowest BCUT2D eigenvalue weighted by molar-refractivity contribution is -0.142. The van der Waals surface area contributed by atoms with Crippen molar-refractivity contribution in [1.82, 2.24) is 4.31 Å². The molecule has 9 heteroatoms. The predicted octanol–water partition coefficient (Wildman–Crippen LogP) is 3.98. The van der Waals surface area contributed by atoms with E-state index in [0.717, 1.165) is 15.4 Å². The number of rotatable bonds is 5. The molecule has 0 spiro atoms. The lowest BCUT2D eigenvalue weighted by Crippen LogP contribution is -2.58. The minimum Gasteiger partial charge on any atom is -0.496 e.